The minimum absolute atomic E-state index is 0.259. The van der Waals surface area contributed by atoms with Gasteiger partial charge >= 0.3 is 0 Å². The number of likely N-dealkylation sites (N-methyl/N-ethyl adjacent to an activating group) is 1. The van der Waals surface area contributed by atoms with E-state index in [1.54, 1.807) is 18.4 Å². The lowest BCUT2D eigenvalue weighted by Gasteiger charge is -2.21. The van der Waals surface area contributed by atoms with Gasteiger partial charge in [-0.15, -0.1) is 11.3 Å². The third kappa shape index (κ3) is 2.39. The fourth-order valence-corrected chi connectivity index (χ4v) is 2.91. The van der Waals surface area contributed by atoms with Crippen molar-refractivity contribution in [2.75, 3.05) is 20.8 Å². The summed E-state index contributed by atoms with van der Waals surface area (Å²) in [5, 5.41) is 5.36. The number of nitrogens with one attached hydrogen (secondary N) is 1. The molecule has 1 N–H and O–H groups in total. The molecule has 2 rings (SSSR count). The van der Waals surface area contributed by atoms with Crippen molar-refractivity contribution in [1.29, 1.82) is 0 Å². The van der Waals surface area contributed by atoms with Gasteiger partial charge in [0.05, 0.1) is 26.0 Å². The molecule has 88 valence electrons. The predicted molar refractivity (Wildman–Crippen MR) is 65.9 cm³/mol. The topological polar surface area (TPSA) is 30.5 Å². The van der Waals surface area contributed by atoms with Crippen molar-refractivity contribution in [1.82, 2.24) is 5.32 Å². The molecule has 1 aromatic heterocycles. The van der Waals surface area contributed by atoms with E-state index >= 15 is 0 Å². The largest absolute Gasteiger partial charge is 0.501 e. The van der Waals surface area contributed by atoms with Crippen LogP contribution in [0.1, 0.15) is 23.8 Å². The van der Waals surface area contributed by atoms with Crippen LogP contribution in [0.25, 0.3) is 0 Å². The molecule has 0 aliphatic carbocycles. The lowest BCUT2D eigenvalue weighted by Crippen LogP contribution is -2.19. The molecule has 0 spiro atoms. The number of hydrogen-bond donors (Lipinski definition) is 1. The average Bonchev–Trinajstić information content (AvgIpc) is 2.80. The predicted octanol–water partition coefficient (Wildman–Crippen LogP) is 2.71. The molecule has 1 atom stereocenters. The van der Waals surface area contributed by atoms with Gasteiger partial charge in [0.25, 0.3) is 0 Å². The Labute approximate surface area is 100 Å². The minimum Gasteiger partial charge on any atom is -0.501 e. The summed E-state index contributed by atoms with van der Waals surface area (Å²) in [4.78, 5) is 1.27. The number of ether oxygens (including phenoxy) is 2. The quantitative estimate of drug-likeness (QED) is 0.876. The summed E-state index contributed by atoms with van der Waals surface area (Å²) in [6.45, 7) is 0.841. The van der Waals surface area contributed by atoms with Crippen LogP contribution in [0.2, 0.25) is 0 Å². The average molecular weight is 239 g/mol. The number of methoxy groups -OCH3 is 1. The Kier molecular flexibility index (Phi) is 3.85. The summed E-state index contributed by atoms with van der Waals surface area (Å²) in [7, 11) is 3.68. The Bertz CT molecular complexity index is 373. The fraction of sp³-hybridized carbons (Fsp3) is 0.500. The van der Waals surface area contributed by atoms with Gasteiger partial charge < -0.3 is 14.8 Å². The first-order chi connectivity index (χ1) is 7.85. The van der Waals surface area contributed by atoms with Crippen molar-refractivity contribution in [3.05, 3.63) is 28.2 Å². The maximum absolute atomic E-state index is 5.39. The van der Waals surface area contributed by atoms with Crippen LogP contribution in [0.15, 0.2) is 23.3 Å². The molecular formula is C12H17NO2S. The highest BCUT2D eigenvalue weighted by Crippen LogP contribution is 2.33. The van der Waals surface area contributed by atoms with E-state index in [-0.39, 0.29) is 6.04 Å². The third-order valence-electron chi connectivity index (χ3n) is 2.74. The summed E-state index contributed by atoms with van der Waals surface area (Å²) < 4.78 is 10.6. The molecule has 2 heterocycles. The molecule has 0 radical (unpaired) electrons. The van der Waals surface area contributed by atoms with Gasteiger partial charge in [-0.05, 0) is 31.5 Å². The van der Waals surface area contributed by atoms with Crippen molar-refractivity contribution in [3.63, 3.8) is 0 Å². The zero-order valence-electron chi connectivity index (χ0n) is 9.66. The van der Waals surface area contributed by atoms with E-state index in [2.05, 4.69) is 11.4 Å². The molecule has 4 heteroatoms. The third-order valence-corrected chi connectivity index (χ3v) is 3.71. The monoisotopic (exact) mass is 239 g/mol. The zero-order chi connectivity index (χ0) is 11.4. The smallest absolute Gasteiger partial charge is 0.129 e. The van der Waals surface area contributed by atoms with Gasteiger partial charge in [-0.3, -0.25) is 0 Å². The van der Waals surface area contributed by atoms with Crippen LogP contribution in [0.3, 0.4) is 0 Å². The SMILES string of the molecule is CNC(C1=COCCC1)c1cc(OC)cs1. The van der Waals surface area contributed by atoms with Crippen LogP contribution < -0.4 is 10.1 Å². The van der Waals surface area contributed by atoms with Crippen molar-refractivity contribution in [2.45, 2.75) is 18.9 Å². The number of hydrogen-bond acceptors (Lipinski definition) is 4. The Balaban J connectivity index is 2.17. The first-order valence-electron chi connectivity index (χ1n) is 5.45. The first kappa shape index (κ1) is 11.5. The van der Waals surface area contributed by atoms with Crippen molar-refractivity contribution >= 4 is 11.3 Å². The summed E-state index contributed by atoms with van der Waals surface area (Å²) in [6, 6.07) is 2.34. The van der Waals surface area contributed by atoms with E-state index in [9.17, 15) is 0 Å². The van der Waals surface area contributed by atoms with Crippen LogP contribution in [0, 0.1) is 0 Å². The Hall–Kier alpha value is -1.00. The molecule has 0 amide bonds. The molecule has 0 saturated heterocycles. The summed E-state index contributed by atoms with van der Waals surface area (Å²) in [5.41, 5.74) is 1.32. The summed E-state index contributed by atoms with van der Waals surface area (Å²) in [6.07, 6.45) is 4.11. The zero-order valence-corrected chi connectivity index (χ0v) is 10.5. The van der Waals surface area contributed by atoms with E-state index in [1.165, 1.54) is 10.5 Å². The standard InChI is InChI=1S/C12H17NO2S/c1-13-12(9-4-3-5-15-7-9)11-6-10(14-2)8-16-11/h6-8,12-13H,3-5H2,1-2H3. The lowest BCUT2D eigenvalue weighted by atomic mass is 10.0. The Morgan fingerprint density at radius 1 is 1.56 bits per heavy atom. The molecule has 0 saturated carbocycles. The maximum Gasteiger partial charge on any atom is 0.129 e. The van der Waals surface area contributed by atoms with Gasteiger partial charge in [0.15, 0.2) is 0 Å². The molecule has 3 nitrogen and oxygen atoms in total. The normalized spacial score (nSPS) is 17.5. The summed E-state index contributed by atoms with van der Waals surface area (Å²) in [5.74, 6) is 0.928. The van der Waals surface area contributed by atoms with Crippen molar-refractivity contribution in [2.24, 2.45) is 0 Å². The molecule has 1 aliphatic rings. The fourth-order valence-electron chi connectivity index (χ4n) is 1.90. The highest BCUT2D eigenvalue weighted by atomic mass is 32.1. The Morgan fingerprint density at radius 2 is 2.44 bits per heavy atom. The summed E-state index contributed by atoms with van der Waals surface area (Å²) >= 11 is 1.72. The van der Waals surface area contributed by atoms with E-state index in [0.29, 0.717) is 0 Å². The number of thiophene rings is 1. The van der Waals surface area contributed by atoms with E-state index in [4.69, 9.17) is 9.47 Å². The van der Waals surface area contributed by atoms with Gasteiger partial charge in [-0.2, -0.15) is 0 Å². The van der Waals surface area contributed by atoms with Crippen LogP contribution >= 0.6 is 11.3 Å². The van der Waals surface area contributed by atoms with E-state index < -0.39 is 0 Å². The molecular weight excluding hydrogens is 222 g/mol. The molecule has 0 fully saturated rings. The van der Waals surface area contributed by atoms with Gasteiger partial charge in [0.1, 0.15) is 5.75 Å². The van der Waals surface area contributed by atoms with E-state index in [1.807, 2.05) is 18.7 Å². The Morgan fingerprint density at radius 3 is 3.00 bits per heavy atom. The maximum atomic E-state index is 5.39. The highest BCUT2D eigenvalue weighted by molar-refractivity contribution is 7.10. The molecule has 0 bridgehead atoms. The van der Waals surface area contributed by atoms with Gasteiger partial charge in [0.2, 0.25) is 0 Å². The first-order valence-corrected chi connectivity index (χ1v) is 6.33. The molecule has 16 heavy (non-hydrogen) atoms. The molecule has 1 unspecified atom stereocenters. The molecule has 1 aromatic rings. The minimum atomic E-state index is 0.259. The second kappa shape index (κ2) is 5.37. The van der Waals surface area contributed by atoms with E-state index in [0.717, 1.165) is 25.2 Å². The van der Waals surface area contributed by atoms with Gasteiger partial charge in [-0.1, -0.05) is 0 Å². The van der Waals surface area contributed by atoms with Crippen LogP contribution in [0.4, 0.5) is 0 Å². The highest BCUT2D eigenvalue weighted by Gasteiger charge is 2.19. The van der Waals surface area contributed by atoms with Gasteiger partial charge in [-0.25, -0.2) is 0 Å². The van der Waals surface area contributed by atoms with Gasteiger partial charge in [0, 0.05) is 10.3 Å². The molecule has 1 aliphatic heterocycles. The van der Waals surface area contributed by atoms with Crippen LogP contribution in [-0.2, 0) is 4.74 Å². The van der Waals surface area contributed by atoms with Crippen molar-refractivity contribution < 1.29 is 9.47 Å². The second-order valence-electron chi connectivity index (χ2n) is 3.78. The van der Waals surface area contributed by atoms with Crippen LogP contribution in [-0.4, -0.2) is 20.8 Å². The van der Waals surface area contributed by atoms with Crippen LogP contribution in [0.5, 0.6) is 5.75 Å². The number of rotatable bonds is 4. The lowest BCUT2D eigenvalue weighted by molar-refractivity contribution is 0.220. The van der Waals surface area contributed by atoms with Crippen molar-refractivity contribution in [3.8, 4) is 5.75 Å². The molecule has 0 aromatic carbocycles. The second-order valence-corrected chi connectivity index (χ2v) is 4.72.